The molecule has 2 heterocycles. The fourth-order valence-electron chi connectivity index (χ4n) is 3.16. The number of aromatic nitrogens is 1. The van der Waals surface area contributed by atoms with E-state index >= 15 is 0 Å². The van der Waals surface area contributed by atoms with Crippen molar-refractivity contribution in [3.63, 3.8) is 0 Å². The lowest BCUT2D eigenvalue weighted by atomic mass is 10.1. The van der Waals surface area contributed by atoms with Crippen molar-refractivity contribution in [2.75, 3.05) is 25.1 Å². The van der Waals surface area contributed by atoms with Gasteiger partial charge in [-0.3, -0.25) is 0 Å². The summed E-state index contributed by atoms with van der Waals surface area (Å²) in [6.07, 6.45) is 5.49. The smallest absolute Gasteiger partial charge is 0.315 e. The van der Waals surface area contributed by atoms with Gasteiger partial charge in [-0.2, -0.15) is 0 Å². The standard InChI is InChI=1S/C20H26N4O2/c1-26-18-9-5-7-16(13-18)14-22-20(25)23-15-17-8-6-10-21-19(17)24-11-3-2-4-12-24/h5-10,13H,2-4,11-12,14-15H2,1H3,(H2,22,23,25). The number of hydrogen-bond acceptors (Lipinski definition) is 4. The third kappa shape index (κ3) is 4.88. The van der Waals surface area contributed by atoms with E-state index in [1.807, 2.05) is 42.6 Å². The molecule has 1 aromatic carbocycles. The van der Waals surface area contributed by atoms with Crippen molar-refractivity contribution < 1.29 is 9.53 Å². The first-order valence-electron chi connectivity index (χ1n) is 9.10. The highest BCUT2D eigenvalue weighted by Gasteiger charge is 2.15. The lowest BCUT2D eigenvalue weighted by Gasteiger charge is -2.29. The van der Waals surface area contributed by atoms with Gasteiger partial charge in [0, 0.05) is 37.9 Å². The minimum absolute atomic E-state index is 0.193. The van der Waals surface area contributed by atoms with E-state index in [0.717, 1.165) is 35.8 Å². The van der Waals surface area contributed by atoms with Gasteiger partial charge in [0.2, 0.25) is 0 Å². The van der Waals surface area contributed by atoms with Crippen molar-refractivity contribution in [1.82, 2.24) is 15.6 Å². The zero-order chi connectivity index (χ0) is 18.2. The highest BCUT2D eigenvalue weighted by atomic mass is 16.5. The molecule has 2 amide bonds. The Balaban J connectivity index is 1.53. The maximum atomic E-state index is 12.1. The monoisotopic (exact) mass is 354 g/mol. The van der Waals surface area contributed by atoms with Crippen LogP contribution in [0.15, 0.2) is 42.6 Å². The van der Waals surface area contributed by atoms with Gasteiger partial charge in [0.25, 0.3) is 0 Å². The van der Waals surface area contributed by atoms with Crippen LogP contribution in [0.4, 0.5) is 10.6 Å². The first-order valence-corrected chi connectivity index (χ1v) is 9.10. The van der Waals surface area contributed by atoms with Crippen LogP contribution < -0.4 is 20.3 Å². The van der Waals surface area contributed by atoms with E-state index in [4.69, 9.17) is 4.74 Å². The summed E-state index contributed by atoms with van der Waals surface area (Å²) < 4.78 is 5.20. The van der Waals surface area contributed by atoms with E-state index in [2.05, 4.69) is 20.5 Å². The molecule has 1 fully saturated rings. The molecule has 6 heteroatoms. The summed E-state index contributed by atoms with van der Waals surface area (Å²) >= 11 is 0. The number of amides is 2. The summed E-state index contributed by atoms with van der Waals surface area (Å²) in [5, 5.41) is 5.81. The quantitative estimate of drug-likeness (QED) is 0.837. The van der Waals surface area contributed by atoms with E-state index in [0.29, 0.717) is 13.1 Å². The Morgan fingerprint density at radius 2 is 1.92 bits per heavy atom. The number of piperidine rings is 1. The summed E-state index contributed by atoms with van der Waals surface area (Å²) in [7, 11) is 1.63. The molecule has 0 unspecified atom stereocenters. The van der Waals surface area contributed by atoms with Gasteiger partial charge in [-0.25, -0.2) is 9.78 Å². The number of nitrogens with one attached hydrogen (secondary N) is 2. The molecular weight excluding hydrogens is 328 g/mol. The van der Waals surface area contributed by atoms with Crippen LogP contribution in [0.25, 0.3) is 0 Å². The van der Waals surface area contributed by atoms with Gasteiger partial charge >= 0.3 is 6.03 Å². The first kappa shape index (κ1) is 18.0. The highest BCUT2D eigenvalue weighted by Crippen LogP contribution is 2.21. The number of rotatable bonds is 6. The molecule has 0 atom stereocenters. The molecule has 1 aromatic heterocycles. The number of methoxy groups -OCH3 is 1. The molecule has 6 nitrogen and oxygen atoms in total. The number of anilines is 1. The Labute approximate surface area is 154 Å². The molecule has 1 aliphatic rings. The second-order valence-corrected chi connectivity index (χ2v) is 6.42. The SMILES string of the molecule is COc1cccc(CNC(=O)NCc2cccnc2N2CCCCC2)c1. The molecule has 1 aliphatic heterocycles. The number of nitrogens with zero attached hydrogens (tertiary/aromatic N) is 2. The van der Waals surface area contributed by atoms with E-state index < -0.39 is 0 Å². The lowest BCUT2D eigenvalue weighted by Crippen LogP contribution is -2.36. The van der Waals surface area contributed by atoms with Gasteiger partial charge in [-0.1, -0.05) is 18.2 Å². The topological polar surface area (TPSA) is 66.5 Å². The van der Waals surface area contributed by atoms with E-state index in [9.17, 15) is 4.79 Å². The Morgan fingerprint density at radius 3 is 2.73 bits per heavy atom. The Kier molecular flexibility index (Phi) is 6.30. The highest BCUT2D eigenvalue weighted by molar-refractivity contribution is 5.74. The Hall–Kier alpha value is -2.76. The second-order valence-electron chi connectivity index (χ2n) is 6.42. The van der Waals surface area contributed by atoms with E-state index in [1.54, 1.807) is 7.11 Å². The van der Waals surface area contributed by atoms with Crippen molar-refractivity contribution >= 4 is 11.8 Å². The average Bonchev–Trinajstić information content (AvgIpc) is 2.71. The Morgan fingerprint density at radius 1 is 1.12 bits per heavy atom. The lowest BCUT2D eigenvalue weighted by molar-refractivity contribution is 0.240. The van der Waals surface area contributed by atoms with E-state index in [-0.39, 0.29) is 6.03 Å². The number of benzene rings is 1. The van der Waals surface area contributed by atoms with Crippen LogP contribution in [0.5, 0.6) is 5.75 Å². The third-order valence-electron chi connectivity index (χ3n) is 4.55. The fraction of sp³-hybridized carbons (Fsp3) is 0.400. The molecule has 0 saturated carbocycles. The van der Waals surface area contributed by atoms with Gasteiger partial charge in [0.05, 0.1) is 7.11 Å². The number of ether oxygens (including phenoxy) is 1. The van der Waals surface area contributed by atoms with Gasteiger partial charge < -0.3 is 20.3 Å². The summed E-state index contributed by atoms with van der Waals surface area (Å²) in [6.45, 7) is 2.98. The molecule has 2 N–H and O–H groups in total. The number of hydrogen-bond donors (Lipinski definition) is 2. The number of pyridine rings is 1. The van der Waals surface area contributed by atoms with Crippen molar-refractivity contribution in [3.8, 4) is 5.75 Å². The summed E-state index contributed by atoms with van der Waals surface area (Å²) in [6, 6.07) is 11.4. The van der Waals surface area contributed by atoms with Gasteiger partial charge in [0.15, 0.2) is 0 Å². The van der Waals surface area contributed by atoms with Gasteiger partial charge in [-0.05, 0) is 43.0 Å². The predicted molar refractivity (Wildman–Crippen MR) is 102 cm³/mol. The minimum atomic E-state index is -0.193. The third-order valence-corrected chi connectivity index (χ3v) is 4.55. The fourth-order valence-corrected chi connectivity index (χ4v) is 3.16. The van der Waals surface area contributed by atoms with E-state index in [1.165, 1.54) is 19.3 Å². The van der Waals surface area contributed by atoms with Crippen molar-refractivity contribution in [3.05, 3.63) is 53.7 Å². The minimum Gasteiger partial charge on any atom is -0.497 e. The maximum Gasteiger partial charge on any atom is 0.315 e. The first-order chi connectivity index (χ1) is 12.8. The normalized spacial score (nSPS) is 14.0. The van der Waals surface area contributed by atoms with Crippen LogP contribution in [-0.2, 0) is 13.1 Å². The number of carbonyl (C=O) groups is 1. The maximum absolute atomic E-state index is 12.1. The zero-order valence-corrected chi connectivity index (χ0v) is 15.2. The number of carbonyl (C=O) groups excluding carboxylic acids is 1. The Bertz CT molecular complexity index is 729. The molecule has 138 valence electrons. The molecule has 0 bridgehead atoms. The number of urea groups is 1. The molecule has 0 aliphatic carbocycles. The van der Waals surface area contributed by atoms with Crippen LogP contribution in [0.3, 0.4) is 0 Å². The molecule has 3 rings (SSSR count). The summed E-state index contributed by atoms with van der Waals surface area (Å²) in [5.74, 6) is 1.77. The molecule has 26 heavy (non-hydrogen) atoms. The van der Waals surface area contributed by atoms with Crippen molar-refractivity contribution in [2.24, 2.45) is 0 Å². The second kappa shape index (κ2) is 9.08. The van der Waals surface area contributed by atoms with Crippen LogP contribution in [0.2, 0.25) is 0 Å². The average molecular weight is 354 g/mol. The molecule has 1 saturated heterocycles. The molecule has 2 aromatic rings. The van der Waals surface area contributed by atoms with Crippen molar-refractivity contribution in [1.29, 1.82) is 0 Å². The summed E-state index contributed by atoms with van der Waals surface area (Å²) in [5.41, 5.74) is 2.04. The molecule has 0 radical (unpaired) electrons. The largest absolute Gasteiger partial charge is 0.497 e. The molecule has 0 spiro atoms. The zero-order valence-electron chi connectivity index (χ0n) is 15.2. The van der Waals surface area contributed by atoms with Crippen molar-refractivity contribution in [2.45, 2.75) is 32.4 Å². The van der Waals surface area contributed by atoms with Crippen LogP contribution in [-0.4, -0.2) is 31.2 Å². The van der Waals surface area contributed by atoms with Crippen LogP contribution in [0.1, 0.15) is 30.4 Å². The van der Waals surface area contributed by atoms with Crippen LogP contribution >= 0.6 is 0 Å². The van der Waals surface area contributed by atoms with Gasteiger partial charge in [-0.15, -0.1) is 0 Å². The predicted octanol–water partition coefficient (Wildman–Crippen LogP) is 3.08. The van der Waals surface area contributed by atoms with Crippen LogP contribution in [0, 0.1) is 0 Å². The summed E-state index contributed by atoms with van der Waals surface area (Å²) in [4.78, 5) is 19.0. The van der Waals surface area contributed by atoms with Gasteiger partial charge in [0.1, 0.15) is 11.6 Å². The molecular formula is C20H26N4O2.